The predicted octanol–water partition coefficient (Wildman–Crippen LogP) is 14.2. The van der Waals surface area contributed by atoms with Gasteiger partial charge in [-0.25, -0.2) is 4.57 Å². The van der Waals surface area contributed by atoms with E-state index >= 15 is 0 Å². The molecule has 4 N–H and O–H groups in total. The molecule has 0 aliphatic carbocycles. The number of aliphatic carboxylic acids is 1. The topological polar surface area (TPSA) is 155 Å². The Labute approximate surface area is 373 Å². The van der Waals surface area contributed by atoms with Crippen molar-refractivity contribution < 1.29 is 42.7 Å². The average Bonchev–Trinajstić information content (AvgIpc) is 3.24. The Balaban J connectivity index is 4.17. The summed E-state index contributed by atoms with van der Waals surface area (Å²) in [5.41, 5.74) is 5.37. The number of carboxylic acid groups (broad SMARTS) is 1. The minimum atomic E-state index is -4.62. The molecule has 11 heteroatoms. The van der Waals surface area contributed by atoms with Crippen LogP contribution in [0.1, 0.15) is 219 Å². The Morgan fingerprint density at radius 2 is 0.902 bits per heavy atom. The molecule has 0 radical (unpaired) electrons. The number of hydrogen-bond donors (Lipinski definition) is 3. The quantitative estimate of drug-likeness (QED) is 0.0233. The molecule has 10 nitrogen and oxygen atoms in total. The molecule has 0 aliphatic heterocycles. The van der Waals surface area contributed by atoms with E-state index in [0.29, 0.717) is 13.0 Å². The molecular formula is C50H92NO9P. The second-order valence-corrected chi connectivity index (χ2v) is 18.0. The van der Waals surface area contributed by atoms with E-state index in [2.05, 4.69) is 62.5 Å². The van der Waals surface area contributed by atoms with E-state index in [-0.39, 0.29) is 13.0 Å². The van der Waals surface area contributed by atoms with Crippen LogP contribution >= 0.6 is 7.82 Å². The zero-order valence-corrected chi connectivity index (χ0v) is 39.9. The van der Waals surface area contributed by atoms with Crippen LogP contribution in [0.25, 0.3) is 0 Å². The second-order valence-electron chi connectivity index (χ2n) is 16.6. The van der Waals surface area contributed by atoms with Crippen LogP contribution in [-0.2, 0) is 32.7 Å². The van der Waals surface area contributed by atoms with Crippen LogP contribution in [0.3, 0.4) is 0 Å². The number of phosphoric ester groups is 1. The number of carbonyl (C=O) groups excluding carboxylic acids is 1. The summed E-state index contributed by atoms with van der Waals surface area (Å²) in [4.78, 5) is 33.6. The maximum absolute atomic E-state index is 12.7. The van der Waals surface area contributed by atoms with Gasteiger partial charge in [-0.1, -0.05) is 184 Å². The van der Waals surface area contributed by atoms with Crippen molar-refractivity contribution in [3.05, 3.63) is 48.6 Å². The van der Waals surface area contributed by atoms with Crippen LogP contribution in [0.15, 0.2) is 48.6 Å². The van der Waals surface area contributed by atoms with E-state index in [9.17, 15) is 19.0 Å². The number of carbonyl (C=O) groups is 2. The van der Waals surface area contributed by atoms with Crippen molar-refractivity contribution in [2.45, 2.75) is 231 Å². The lowest BCUT2D eigenvalue weighted by Crippen LogP contribution is -2.34. The summed E-state index contributed by atoms with van der Waals surface area (Å²) in [6.45, 7) is 3.85. The average molecular weight is 882 g/mol. The minimum absolute atomic E-state index is 0.0113. The van der Waals surface area contributed by atoms with E-state index < -0.39 is 45.1 Å². The molecule has 0 aromatic carbocycles. The highest BCUT2D eigenvalue weighted by molar-refractivity contribution is 7.47. The summed E-state index contributed by atoms with van der Waals surface area (Å²) in [5, 5.41) is 8.92. The standard InChI is InChI=1S/C50H92NO9P/c1-3-5-7-9-11-13-15-17-19-21-22-23-24-25-27-29-31-33-35-37-39-41-43-57-44-47(45-58-61(55,56)59-46-48(51)50(53)54)60-49(52)42-40-38-36-34-32-30-28-26-20-18-16-14-12-10-8-6-4-2/h12,14-15,17-18,20-22,47-48H,3-11,13,16,19,23-46,51H2,1-2H3,(H,53,54)(H,55,56)/b14-12-,17-15-,20-18-,22-21-. The Bertz CT molecular complexity index is 1160. The van der Waals surface area contributed by atoms with Gasteiger partial charge in [0.15, 0.2) is 0 Å². The van der Waals surface area contributed by atoms with Crippen molar-refractivity contribution in [2.24, 2.45) is 5.73 Å². The number of rotatable bonds is 47. The molecule has 0 saturated heterocycles. The van der Waals surface area contributed by atoms with Crippen molar-refractivity contribution >= 4 is 19.8 Å². The molecule has 61 heavy (non-hydrogen) atoms. The third-order valence-corrected chi connectivity index (χ3v) is 11.5. The number of nitrogens with two attached hydrogens (primary N) is 1. The maximum atomic E-state index is 12.7. The molecule has 0 amide bonds. The molecule has 0 fully saturated rings. The summed E-state index contributed by atoms with van der Waals surface area (Å²) < 4.78 is 33.5. The lowest BCUT2D eigenvalue weighted by molar-refractivity contribution is -0.154. The van der Waals surface area contributed by atoms with Crippen LogP contribution in [0, 0.1) is 0 Å². The normalized spacial score (nSPS) is 14.2. The van der Waals surface area contributed by atoms with Crippen LogP contribution < -0.4 is 5.73 Å². The molecule has 3 unspecified atom stereocenters. The Kier molecular flexibility index (Phi) is 44.4. The molecule has 0 aromatic heterocycles. The summed E-state index contributed by atoms with van der Waals surface area (Å²) >= 11 is 0. The highest BCUT2D eigenvalue weighted by atomic mass is 31.2. The van der Waals surface area contributed by atoms with Crippen LogP contribution in [0.2, 0.25) is 0 Å². The largest absolute Gasteiger partial charge is 0.480 e. The Morgan fingerprint density at radius 3 is 1.36 bits per heavy atom. The van der Waals surface area contributed by atoms with Gasteiger partial charge in [-0.3, -0.25) is 18.6 Å². The lowest BCUT2D eigenvalue weighted by atomic mass is 10.1. The number of phosphoric acid groups is 1. The first-order chi connectivity index (χ1) is 29.7. The van der Waals surface area contributed by atoms with Crippen LogP contribution in [0.4, 0.5) is 0 Å². The van der Waals surface area contributed by atoms with Gasteiger partial charge < -0.3 is 25.2 Å². The molecule has 3 atom stereocenters. The van der Waals surface area contributed by atoms with Gasteiger partial charge in [0.25, 0.3) is 0 Å². The number of hydrogen-bond acceptors (Lipinski definition) is 8. The van der Waals surface area contributed by atoms with Gasteiger partial charge in [0.05, 0.1) is 19.8 Å². The monoisotopic (exact) mass is 882 g/mol. The van der Waals surface area contributed by atoms with Gasteiger partial charge >= 0.3 is 19.8 Å². The van der Waals surface area contributed by atoms with Gasteiger partial charge in [0.2, 0.25) is 0 Å². The van der Waals surface area contributed by atoms with Crippen molar-refractivity contribution in [1.29, 1.82) is 0 Å². The molecule has 0 spiro atoms. The zero-order chi connectivity index (χ0) is 44.8. The van der Waals surface area contributed by atoms with Gasteiger partial charge in [0, 0.05) is 13.0 Å². The fraction of sp³-hybridized carbons (Fsp3) is 0.800. The van der Waals surface area contributed by atoms with E-state index in [4.69, 9.17) is 29.4 Å². The van der Waals surface area contributed by atoms with Gasteiger partial charge in [-0.05, 0) is 77.0 Å². The predicted molar refractivity (Wildman–Crippen MR) is 254 cm³/mol. The van der Waals surface area contributed by atoms with Gasteiger partial charge in [-0.15, -0.1) is 0 Å². The van der Waals surface area contributed by atoms with Crippen molar-refractivity contribution in [1.82, 2.24) is 0 Å². The van der Waals surface area contributed by atoms with Crippen LogP contribution in [-0.4, -0.2) is 60.5 Å². The second kappa shape index (κ2) is 45.9. The molecule has 0 bridgehead atoms. The van der Waals surface area contributed by atoms with E-state index in [0.717, 1.165) is 57.8 Å². The zero-order valence-electron chi connectivity index (χ0n) is 39.0. The van der Waals surface area contributed by atoms with Crippen molar-refractivity contribution in [3.8, 4) is 0 Å². The highest BCUT2D eigenvalue weighted by Gasteiger charge is 2.27. The maximum Gasteiger partial charge on any atom is 0.472 e. The van der Waals surface area contributed by atoms with Crippen molar-refractivity contribution in [2.75, 3.05) is 26.4 Å². The van der Waals surface area contributed by atoms with Crippen LogP contribution in [0.5, 0.6) is 0 Å². The number of esters is 1. The van der Waals surface area contributed by atoms with E-state index in [1.165, 1.54) is 135 Å². The molecule has 0 heterocycles. The van der Waals surface area contributed by atoms with Gasteiger partial charge in [-0.2, -0.15) is 0 Å². The number of unbranched alkanes of at least 4 members (excludes halogenated alkanes) is 25. The van der Waals surface area contributed by atoms with E-state index in [1.54, 1.807) is 0 Å². The van der Waals surface area contributed by atoms with Crippen molar-refractivity contribution in [3.63, 3.8) is 0 Å². The highest BCUT2D eigenvalue weighted by Crippen LogP contribution is 2.43. The molecule has 0 aromatic rings. The fourth-order valence-electron chi connectivity index (χ4n) is 6.72. The number of allylic oxidation sites excluding steroid dienone is 8. The molecule has 0 rings (SSSR count). The Hall–Kier alpha value is -2.07. The summed E-state index contributed by atoms with van der Waals surface area (Å²) in [7, 11) is -4.62. The van der Waals surface area contributed by atoms with E-state index in [1.807, 2.05) is 0 Å². The summed E-state index contributed by atoms with van der Waals surface area (Å²) in [6.07, 6.45) is 54.5. The smallest absolute Gasteiger partial charge is 0.472 e. The molecular weight excluding hydrogens is 790 g/mol. The molecule has 356 valence electrons. The summed E-state index contributed by atoms with van der Waals surface area (Å²) in [5.74, 6) is -1.79. The first kappa shape index (κ1) is 58.9. The third kappa shape index (κ3) is 45.8. The first-order valence-electron chi connectivity index (χ1n) is 24.7. The first-order valence-corrected chi connectivity index (χ1v) is 26.2. The fourth-order valence-corrected chi connectivity index (χ4v) is 7.50. The Morgan fingerprint density at radius 1 is 0.525 bits per heavy atom. The molecule has 0 aliphatic rings. The minimum Gasteiger partial charge on any atom is -0.480 e. The molecule has 0 saturated carbocycles. The SMILES string of the molecule is CCCCC/C=C\C/C=C\CCCCCCCCCC(=O)OC(COCCCCCCCCCCCC/C=C\C/C=C\CCCCCCC)COP(=O)(O)OCC(N)C(=O)O. The lowest BCUT2D eigenvalue weighted by Gasteiger charge is -2.20. The summed E-state index contributed by atoms with van der Waals surface area (Å²) in [6, 6.07) is -1.48. The number of carboxylic acids is 1. The van der Waals surface area contributed by atoms with Gasteiger partial charge in [0.1, 0.15) is 12.1 Å². The third-order valence-electron chi connectivity index (χ3n) is 10.6. The number of ether oxygens (including phenoxy) is 2.